The molecule has 2 aromatic rings. The molecule has 0 N–H and O–H groups in total. The van der Waals surface area contributed by atoms with E-state index in [0.717, 1.165) is 23.6 Å². The number of carbonyl (C=O) groups is 1. The maximum Gasteiger partial charge on any atom is 0.159 e. The fourth-order valence-corrected chi connectivity index (χ4v) is 2.65. The van der Waals surface area contributed by atoms with Gasteiger partial charge in [-0.1, -0.05) is 31.8 Å². The molecular weight excluding hydrogens is 268 g/mol. The third kappa shape index (κ3) is 4.01. The predicted octanol–water partition coefficient (Wildman–Crippen LogP) is 3.55. The van der Waals surface area contributed by atoms with E-state index in [2.05, 4.69) is 24.7 Å². The lowest BCUT2D eigenvalue weighted by atomic mass is 10.1. The molecule has 20 heavy (non-hydrogen) atoms. The zero-order valence-corrected chi connectivity index (χ0v) is 13.6. The molecule has 0 aliphatic heterocycles. The number of benzene rings is 1. The van der Waals surface area contributed by atoms with Crippen LogP contribution in [-0.2, 0) is 11.5 Å². The Bertz CT molecular complexity index is 614. The van der Waals surface area contributed by atoms with Gasteiger partial charge in [-0.25, -0.2) is 4.68 Å². The van der Waals surface area contributed by atoms with Gasteiger partial charge in [-0.05, 0) is 19.0 Å². The molecule has 0 bridgehead atoms. The van der Waals surface area contributed by atoms with Crippen molar-refractivity contribution >= 4 is 24.8 Å². The number of hydrogen-bond acceptors (Lipinski definition) is 3. The van der Waals surface area contributed by atoms with Crippen LogP contribution in [0.2, 0.25) is 25.7 Å². The van der Waals surface area contributed by atoms with Crippen LogP contribution < -0.4 is 0 Å². The van der Waals surface area contributed by atoms with E-state index in [4.69, 9.17) is 4.74 Å². The van der Waals surface area contributed by atoms with E-state index in [9.17, 15) is 4.79 Å². The molecule has 2 rings (SSSR count). The second-order valence-electron chi connectivity index (χ2n) is 6.35. The highest BCUT2D eigenvalue weighted by Crippen LogP contribution is 2.15. The Kier molecular flexibility index (Phi) is 4.40. The average molecular weight is 290 g/mol. The third-order valence-corrected chi connectivity index (χ3v) is 4.89. The average Bonchev–Trinajstić information content (AvgIpc) is 2.75. The van der Waals surface area contributed by atoms with E-state index in [0.29, 0.717) is 12.3 Å². The number of carbonyl (C=O) groups excluding carboxylic acids is 1. The first-order valence-electron chi connectivity index (χ1n) is 6.91. The Morgan fingerprint density at radius 2 is 2.10 bits per heavy atom. The maximum atomic E-state index is 11.3. The minimum atomic E-state index is -1.04. The van der Waals surface area contributed by atoms with Crippen LogP contribution >= 0.6 is 0 Å². The smallest absolute Gasteiger partial charge is 0.159 e. The van der Waals surface area contributed by atoms with Crippen molar-refractivity contribution < 1.29 is 9.53 Å². The monoisotopic (exact) mass is 290 g/mol. The van der Waals surface area contributed by atoms with Crippen molar-refractivity contribution in [1.82, 2.24) is 9.78 Å². The van der Waals surface area contributed by atoms with Crippen LogP contribution in [0, 0.1) is 0 Å². The summed E-state index contributed by atoms with van der Waals surface area (Å²) in [6.45, 7) is 9.82. The fraction of sp³-hybridized carbons (Fsp3) is 0.467. The van der Waals surface area contributed by atoms with Crippen LogP contribution in [0.4, 0.5) is 0 Å². The number of nitrogens with zero attached hydrogens (tertiary/aromatic N) is 2. The predicted molar refractivity (Wildman–Crippen MR) is 83.8 cm³/mol. The van der Waals surface area contributed by atoms with Gasteiger partial charge in [0, 0.05) is 31.8 Å². The lowest BCUT2D eigenvalue weighted by Gasteiger charge is -2.15. The lowest BCUT2D eigenvalue weighted by Crippen LogP contribution is -2.22. The summed E-state index contributed by atoms with van der Waals surface area (Å²) in [5.41, 5.74) is 1.54. The van der Waals surface area contributed by atoms with Crippen LogP contribution in [0.25, 0.3) is 10.9 Å². The van der Waals surface area contributed by atoms with Gasteiger partial charge < -0.3 is 4.74 Å². The van der Waals surface area contributed by atoms with Gasteiger partial charge in [-0.15, -0.1) is 0 Å². The van der Waals surface area contributed by atoms with Crippen LogP contribution in [0.15, 0.2) is 24.4 Å². The summed E-state index contributed by atoms with van der Waals surface area (Å²) in [6.07, 6.45) is 1.95. The van der Waals surface area contributed by atoms with Gasteiger partial charge in [0.2, 0.25) is 0 Å². The van der Waals surface area contributed by atoms with Crippen molar-refractivity contribution in [1.29, 1.82) is 0 Å². The minimum absolute atomic E-state index is 0.0628. The SMILES string of the molecule is CC(=O)c1ccc2cn(COCC[Si](C)(C)C)nc2c1. The second kappa shape index (κ2) is 5.89. The van der Waals surface area contributed by atoms with Crippen molar-refractivity contribution in [2.24, 2.45) is 0 Å². The number of aromatic nitrogens is 2. The molecule has 1 heterocycles. The van der Waals surface area contributed by atoms with Crippen LogP contribution in [0.3, 0.4) is 0 Å². The van der Waals surface area contributed by atoms with Gasteiger partial charge >= 0.3 is 0 Å². The van der Waals surface area contributed by atoms with Crippen molar-refractivity contribution in [3.8, 4) is 0 Å². The molecule has 0 amide bonds. The van der Waals surface area contributed by atoms with Gasteiger partial charge in [0.15, 0.2) is 5.78 Å². The van der Waals surface area contributed by atoms with Gasteiger partial charge in [0.25, 0.3) is 0 Å². The van der Waals surface area contributed by atoms with Gasteiger partial charge in [-0.2, -0.15) is 5.10 Å². The molecule has 1 aromatic heterocycles. The van der Waals surface area contributed by atoms with Crippen molar-refractivity contribution in [3.05, 3.63) is 30.0 Å². The van der Waals surface area contributed by atoms with Crippen LogP contribution in [-0.4, -0.2) is 30.2 Å². The molecule has 0 unspecified atom stereocenters. The van der Waals surface area contributed by atoms with E-state index in [1.54, 1.807) is 11.6 Å². The summed E-state index contributed by atoms with van der Waals surface area (Å²) in [7, 11) is -1.04. The van der Waals surface area contributed by atoms with Gasteiger partial charge in [0.1, 0.15) is 6.73 Å². The fourth-order valence-electron chi connectivity index (χ4n) is 1.89. The van der Waals surface area contributed by atoms with E-state index < -0.39 is 8.07 Å². The zero-order valence-electron chi connectivity index (χ0n) is 12.6. The number of ether oxygens (including phenoxy) is 1. The van der Waals surface area contributed by atoms with Crippen LogP contribution in [0.1, 0.15) is 17.3 Å². The quantitative estimate of drug-likeness (QED) is 0.464. The molecular formula is C15H22N2O2Si. The largest absolute Gasteiger partial charge is 0.360 e. The summed E-state index contributed by atoms with van der Waals surface area (Å²) in [5, 5.41) is 5.47. The Morgan fingerprint density at radius 3 is 2.75 bits per heavy atom. The van der Waals surface area contributed by atoms with Gasteiger partial charge in [0.05, 0.1) is 5.52 Å². The number of ketones is 1. The molecule has 0 spiro atoms. The Hall–Kier alpha value is -1.46. The first-order chi connectivity index (χ1) is 9.35. The molecule has 108 valence electrons. The highest BCUT2D eigenvalue weighted by atomic mass is 28.3. The summed E-state index contributed by atoms with van der Waals surface area (Å²) in [4.78, 5) is 11.3. The van der Waals surface area contributed by atoms with Crippen LogP contribution in [0.5, 0.6) is 0 Å². The Balaban J connectivity index is 1.99. The normalized spacial score (nSPS) is 12.0. The molecule has 0 saturated heterocycles. The highest BCUT2D eigenvalue weighted by Gasteiger charge is 2.12. The first-order valence-corrected chi connectivity index (χ1v) is 10.6. The molecule has 1 aromatic carbocycles. The van der Waals surface area contributed by atoms with Crippen molar-refractivity contribution in [3.63, 3.8) is 0 Å². The molecule has 0 saturated carbocycles. The summed E-state index contributed by atoms with van der Waals surface area (Å²) >= 11 is 0. The van der Waals surface area contributed by atoms with E-state index >= 15 is 0 Å². The summed E-state index contributed by atoms with van der Waals surface area (Å²) in [5.74, 6) is 0.0628. The zero-order chi connectivity index (χ0) is 14.8. The minimum Gasteiger partial charge on any atom is -0.360 e. The molecule has 0 radical (unpaired) electrons. The summed E-state index contributed by atoms with van der Waals surface area (Å²) < 4.78 is 7.46. The van der Waals surface area contributed by atoms with E-state index in [1.807, 2.05) is 24.4 Å². The first kappa shape index (κ1) is 14.9. The number of rotatable bonds is 6. The topological polar surface area (TPSA) is 44.1 Å². The molecule has 0 aliphatic rings. The molecule has 0 fully saturated rings. The summed E-state index contributed by atoms with van der Waals surface area (Å²) in [6, 6.07) is 6.75. The molecule has 5 heteroatoms. The highest BCUT2D eigenvalue weighted by molar-refractivity contribution is 6.76. The number of Topliss-reactive ketones (excluding diaryl/α,β-unsaturated/α-hetero) is 1. The molecule has 0 aliphatic carbocycles. The Morgan fingerprint density at radius 1 is 1.35 bits per heavy atom. The van der Waals surface area contributed by atoms with E-state index in [-0.39, 0.29) is 5.78 Å². The molecule has 0 atom stereocenters. The van der Waals surface area contributed by atoms with Gasteiger partial charge in [-0.3, -0.25) is 4.79 Å². The number of hydrogen-bond donors (Lipinski definition) is 0. The standard InChI is InChI=1S/C15H22N2O2Si/c1-12(18)13-5-6-14-10-17(16-15(14)9-13)11-19-7-8-20(2,3)4/h5-6,9-10H,7-8,11H2,1-4H3. The number of fused-ring (bicyclic) bond motifs is 1. The van der Waals surface area contributed by atoms with E-state index in [1.165, 1.54) is 0 Å². The van der Waals surface area contributed by atoms with Crippen molar-refractivity contribution in [2.45, 2.75) is 39.3 Å². The Labute approximate surface area is 120 Å². The maximum absolute atomic E-state index is 11.3. The molecule has 4 nitrogen and oxygen atoms in total. The third-order valence-electron chi connectivity index (χ3n) is 3.18. The van der Waals surface area contributed by atoms with Crippen molar-refractivity contribution in [2.75, 3.05) is 6.61 Å². The second-order valence-corrected chi connectivity index (χ2v) is 12.0. The lowest BCUT2D eigenvalue weighted by molar-refractivity contribution is 0.0791.